The first-order valence-corrected chi connectivity index (χ1v) is 11.2. The molecule has 0 atom stereocenters. The highest BCUT2D eigenvalue weighted by Gasteiger charge is 2.35. The SMILES string of the molecule is Cc1cccc(NC(=O)CN2C(=O)N/C(=C\c3cc(C)n(-c4ccc(Cl)c(Cl)c4)c3C)C2=O)c1. The first-order valence-electron chi connectivity index (χ1n) is 10.5. The van der Waals surface area contributed by atoms with Gasteiger partial charge in [-0.05, 0) is 74.4 Å². The van der Waals surface area contributed by atoms with Crippen LogP contribution in [0.5, 0.6) is 0 Å². The molecule has 0 aliphatic carbocycles. The molecule has 174 valence electrons. The van der Waals surface area contributed by atoms with Gasteiger partial charge in [0.1, 0.15) is 12.2 Å². The van der Waals surface area contributed by atoms with Gasteiger partial charge in [-0.3, -0.25) is 9.59 Å². The number of nitrogens with zero attached hydrogens (tertiary/aromatic N) is 2. The van der Waals surface area contributed by atoms with E-state index >= 15 is 0 Å². The van der Waals surface area contributed by atoms with Crippen molar-refractivity contribution in [1.82, 2.24) is 14.8 Å². The lowest BCUT2D eigenvalue weighted by Gasteiger charge is -2.12. The summed E-state index contributed by atoms with van der Waals surface area (Å²) in [6, 6.07) is 13.9. The highest BCUT2D eigenvalue weighted by atomic mass is 35.5. The molecule has 2 N–H and O–H groups in total. The standard InChI is InChI=1S/C25H22Cl2N4O3/c1-14-5-4-6-18(9-14)28-23(32)13-30-24(33)22(29-25(30)34)11-17-10-15(2)31(16(17)3)19-7-8-20(26)21(27)12-19/h4-12H,13H2,1-3H3,(H,28,32)(H,29,34)/b22-11-. The average Bonchev–Trinajstić information content (AvgIpc) is 3.19. The van der Waals surface area contributed by atoms with Gasteiger partial charge in [-0.1, -0.05) is 35.3 Å². The number of rotatable bonds is 5. The Morgan fingerprint density at radius 1 is 1.03 bits per heavy atom. The zero-order valence-corrected chi connectivity index (χ0v) is 20.3. The number of halogens is 2. The number of aromatic nitrogens is 1. The number of benzene rings is 2. The predicted octanol–water partition coefficient (Wildman–Crippen LogP) is 5.24. The summed E-state index contributed by atoms with van der Waals surface area (Å²) < 4.78 is 1.98. The van der Waals surface area contributed by atoms with Gasteiger partial charge in [-0.2, -0.15) is 0 Å². The van der Waals surface area contributed by atoms with Crippen molar-refractivity contribution in [2.24, 2.45) is 0 Å². The number of hydrogen-bond donors (Lipinski definition) is 2. The van der Waals surface area contributed by atoms with Crippen LogP contribution in [0, 0.1) is 20.8 Å². The third kappa shape index (κ3) is 4.71. The van der Waals surface area contributed by atoms with Gasteiger partial charge in [0.2, 0.25) is 5.91 Å². The average molecular weight is 497 g/mol. The third-order valence-corrected chi connectivity index (χ3v) is 6.24. The fourth-order valence-electron chi connectivity index (χ4n) is 3.89. The number of amides is 4. The van der Waals surface area contributed by atoms with E-state index in [1.54, 1.807) is 30.3 Å². The maximum Gasteiger partial charge on any atom is 0.329 e. The van der Waals surface area contributed by atoms with Crippen molar-refractivity contribution in [1.29, 1.82) is 0 Å². The number of urea groups is 1. The van der Waals surface area contributed by atoms with Crippen LogP contribution in [0.15, 0.2) is 54.2 Å². The van der Waals surface area contributed by atoms with Crippen molar-refractivity contribution in [2.75, 3.05) is 11.9 Å². The zero-order valence-electron chi connectivity index (χ0n) is 18.8. The molecule has 9 heteroatoms. The van der Waals surface area contributed by atoms with Gasteiger partial charge in [0.15, 0.2) is 0 Å². The fraction of sp³-hybridized carbons (Fsp3) is 0.160. The van der Waals surface area contributed by atoms with Crippen molar-refractivity contribution >= 4 is 52.8 Å². The molecule has 1 fully saturated rings. The molecule has 4 amide bonds. The van der Waals surface area contributed by atoms with E-state index in [0.29, 0.717) is 15.7 Å². The minimum atomic E-state index is -0.645. The molecule has 1 aliphatic rings. The molecule has 3 aromatic rings. The predicted molar refractivity (Wildman–Crippen MR) is 133 cm³/mol. The quantitative estimate of drug-likeness (QED) is 0.374. The maximum absolute atomic E-state index is 12.9. The van der Waals surface area contributed by atoms with Crippen LogP contribution in [-0.2, 0) is 9.59 Å². The minimum absolute atomic E-state index is 0.0998. The van der Waals surface area contributed by atoms with Gasteiger partial charge >= 0.3 is 6.03 Å². The number of carbonyl (C=O) groups is 3. The van der Waals surface area contributed by atoms with E-state index in [-0.39, 0.29) is 5.70 Å². The van der Waals surface area contributed by atoms with Crippen molar-refractivity contribution in [2.45, 2.75) is 20.8 Å². The Hall–Kier alpha value is -3.55. The Labute approximate surface area is 207 Å². The molecule has 0 saturated carbocycles. The number of hydrogen-bond acceptors (Lipinski definition) is 3. The smallest absolute Gasteiger partial charge is 0.325 e. The number of carbonyl (C=O) groups excluding carboxylic acids is 3. The lowest BCUT2D eigenvalue weighted by Crippen LogP contribution is -2.38. The van der Waals surface area contributed by atoms with Gasteiger partial charge in [0.25, 0.3) is 5.91 Å². The van der Waals surface area contributed by atoms with E-state index in [1.807, 2.05) is 49.6 Å². The number of anilines is 1. The van der Waals surface area contributed by atoms with Crippen LogP contribution in [0.2, 0.25) is 10.0 Å². The first kappa shape index (κ1) is 23.6. The number of imide groups is 1. The minimum Gasteiger partial charge on any atom is -0.325 e. The molecule has 1 saturated heterocycles. The van der Waals surface area contributed by atoms with Crippen LogP contribution >= 0.6 is 23.2 Å². The van der Waals surface area contributed by atoms with E-state index in [2.05, 4.69) is 10.6 Å². The molecule has 1 aliphatic heterocycles. The summed E-state index contributed by atoms with van der Waals surface area (Å²) in [4.78, 5) is 38.6. The van der Waals surface area contributed by atoms with Crippen molar-refractivity contribution in [3.05, 3.63) is 86.8 Å². The Balaban J connectivity index is 1.54. The summed E-state index contributed by atoms with van der Waals surface area (Å²) in [6.45, 7) is 5.34. The number of aryl methyl sites for hydroxylation is 2. The highest BCUT2D eigenvalue weighted by molar-refractivity contribution is 6.42. The van der Waals surface area contributed by atoms with E-state index in [9.17, 15) is 14.4 Å². The van der Waals surface area contributed by atoms with Gasteiger partial charge in [-0.15, -0.1) is 0 Å². The summed E-state index contributed by atoms with van der Waals surface area (Å²) in [5, 5.41) is 6.16. The monoisotopic (exact) mass is 496 g/mol. The van der Waals surface area contributed by atoms with E-state index in [1.165, 1.54) is 0 Å². The second-order valence-corrected chi connectivity index (χ2v) is 8.87. The molecule has 0 bridgehead atoms. The van der Waals surface area contributed by atoms with Crippen molar-refractivity contribution in [3.8, 4) is 5.69 Å². The number of nitrogens with one attached hydrogen (secondary N) is 2. The van der Waals surface area contributed by atoms with E-state index in [4.69, 9.17) is 23.2 Å². The summed E-state index contributed by atoms with van der Waals surface area (Å²) in [6.07, 6.45) is 1.61. The first-order chi connectivity index (χ1) is 16.1. The fourth-order valence-corrected chi connectivity index (χ4v) is 4.19. The molecule has 4 rings (SSSR count). The normalized spacial score (nSPS) is 14.6. The molecule has 2 aromatic carbocycles. The summed E-state index contributed by atoms with van der Waals surface area (Å²) >= 11 is 12.2. The molecular formula is C25H22Cl2N4O3. The van der Waals surface area contributed by atoms with Gasteiger partial charge in [-0.25, -0.2) is 9.69 Å². The Morgan fingerprint density at radius 2 is 1.79 bits per heavy atom. The second kappa shape index (κ2) is 9.37. The third-order valence-electron chi connectivity index (χ3n) is 5.50. The molecular weight excluding hydrogens is 475 g/mol. The second-order valence-electron chi connectivity index (χ2n) is 8.06. The van der Waals surface area contributed by atoms with Gasteiger partial charge in [0, 0.05) is 22.8 Å². The topological polar surface area (TPSA) is 83.4 Å². The van der Waals surface area contributed by atoms with Crippen LogP contribution < -0.4 is 10.6 Å². The van der Waals surface area contributed by atoms with Crippen LogP contribution in [0.1, 0.15) is 22.5 Å². The Kier molecular flexibility index (Phi) is 6.50. The highest BCUT2D eigenvalue weighted by Crippen LogP contribution is 2.28. The zero-order chi connectivity index (χ0) is 24.6. The summed E-state index contributed by atoms with van der Waals surface area (Å²) in [5.41, 5.74) is 5.01. The Bertz CT molecular complexity index is 1360. The molecule has 0 unspecified atom stereocenters. The molecule has 0 radical (unpaired) electrons. The van der Waals surface area contributed by atoms with Crippen LogP contribution in [0.3, 0.4) is 0 Å². The van der Waals surface area contributed by atoms with Crippen molar-refractivity contribution in [3.63, 3.8) is 0 Å². The largest absolute Gasteiger partial charge is 0.329 e. The lowest BCUT2D eigenvalue weighted by molar-refractivity contribution is -0.127. The molecule has 7 nitrogen and oxygen atoms in total. The molecule has 34 heavy (non-hydrogen) atoms. The van der Waals surface area contributed by atoms with Crippen LogP contribution in [0.4, 0.5) is 10.5 Å². The van der Waals surface area contributed by atoms with E-state index < -0.39 is 24.4 Å². The van der Waals surface area contributed by atoms with Crippen LogP contribution in [0.25, 0.3) is 11.8 Å². The van der Waals surface area contributed by atoms with Crippen LogP contribution in [-0.4, -0.2) is 33.9 Å². The van der Waals surface area contributed by atoms with Gasteiger partial charge in [0.05, 0.1) is 10.0 Å². The lowest BCUT2D eigenvalue weighted by atomic mass is 10.2. The summed E-state index contributed by atoms with van der Waals surface area (Å²) in [7, 11) is 0. The Morgan fingerprint density at radius 3 is 2.50 bits per heavy atom. The van der Waals surface area contributed by atoms with Crippen molar-refractivity contribution < 1.29 is 14.4 Å². The maximum atomic E-state index is 12.9. The van der Waals surface area contributed by atoms with E-state index in [0.717, 1.165) is 33.1 Å². The molecule has 1 aromatic heterocycles. The summed E-state index contributed by atoms with van der Waals surface area (Å²) in [5.74, 6) is -1.03. The van der Waals surface area contributed by atoms with Gasteiger partial charge < -0.3 is 15.2 Å². The molecule has 2 heterocycles. The molecule has 0 spiro atoms.